The Morgan fingerprint density at radius 2 is 2.22 bits per heavy atom. The van der Waals surface area contributed by atoms with Crippen LogP contribution in [0, 0.1) is 13.7 Å². The van der Waals surface area contributed by atoms with Crippen LogP contribution in [0.5, 0.6) is 0 Å². The maximum absolute atomic E-state index is 11.7. The number of halogens is 3. The Bertz CT molecular complexity index is 418. The molecule has 1 rings (SSSR count). The van der Waals surface area contributed by atoms with Gasteiger partial charge < -0.3 is 10.1 Å². The maximum atomic E-state index is 11.7. The maximum Gasteiger partial charge on any atom is 0.282 e. The van der Waals surface area contributed by atoms with Crippen molar-refractivity contribution in [1.29, 1.82) is 0 Å². The van der Waals surface area contributed by atoms with E-state index in [1.807, 2.05) is 22.6 Å². The molecule has 0 saturated heterocycles. The van der Waals surface area contributed by atoms with Crippen LogP contribution in [-0.4, -0.2) is 31.1 Å². The smallest absolute Gasteiger partial charge is 0.282 e. The number of hydrogen-bond donors (Lipinski definition) is 1. The first kappa shape index (κ1) is 15.0. The molecule has 0 heterocycles. The zero-order valence-corrected chi connectivity index (χ0v) is 11.4. The predicted octanol–water partition coefficient (Wildman–Crippen LogP) is 2.89. The molecule has 0 aliphatic carbocycles. The fourth-order valence-electron chi connectivity index (χ4n) is 1.20. The van der Waals surface area contributed by atoms with Crippen molar-refractivity contribution in [3.05, 3.63) is 31.9 Å². The van der Waals surface area contributed by atoms with E-state index in [4.69, 9.17) is 0 Å². The minimum Gasteiger partial charge on any atom is -0.383 e. The first-order valence-electron chi connectivity index (χ1n) is 5.04. The summed E-state index contributed by atoms with van der Waals surface area (Å²) in [5.74, 6) is 0. The van der Waals surface area contributed by atoms with Crippen molar-refractivity contribution in [1.82, 2.24) is 0 Å². The van der Waals surface area contributed by atoms with Gasteiger partial charge in [0.25, 0.3) is 12.1 Å². The molecular formula is C10H11F2IN2O3. The minimum atomic E-state index is -2.47. The third-order valence-electron chi connectivity index (χ3n) is 1.96. The fourth-order valence-corrected chi connectivity index (χ4v) is 1.92. The third-order valence-corrected chi connectivity index (χ3v) is 2.83. The molecule has 18 heavy (non-hydrogen) atoms. The molecule has 100 valence electrons. The van der Waals surface area contributed by atoms with Gasteiger partial charge in [-0.1, -0.05) is 0 Å². The van der Waals surface area contributed by atoms with E-state index in [0.29, 0.717) is 15.8 Å². The molecule has 0 bridgehead atoms. The van der Waals surface area contributed by atoms with E-state index < -0.39 is 18.0 Å². The summed E-state index contributed by atoms with van der Waals surface area (Å²) in [6, 6.07) is 4.57. The molecule has 0 aliphatic rings. The second-order valence-electron chi connectivity index (χ2n) is 3.32. The van der Waals surface area contributed by atoms with Gasteiger partial charge in [0.05, 0.1) is 15.1 Å². The monoisotopic (exact) mass is 372 g/mol. The van der Waals surface area contributed by atoms with Crippen LogP contribution in [-0.2, 0) is 4.74 Å². The topological polar surface area (TPSA) is 64.4 Å². The van der Waals surface area contributed by atoms with E-state index in [1.54, 1.807) is 12.1 Å². The Morgan fingerprint density at radius 3 is 2.78 bits per heavy atom. The Hall–Kier alpha value is -1.03. The molecule has 0 fully saturated rings. The largest absolute Gasteiger partial charge is 0.383 e. The van der Waals surface area contributed by atoms with Crippen LogP contribution >= 0.6 is 22.6 Å². The average molecular weight is 372 g/mol. The van der Waals surface area contributed by atoms with Gasteiger partial charge in [0.2, 0.25) is 0 Å². The molecule has 1 N–H and O–H groups in total. The number of ether oxygens (including phenoxy) is 1. The molecule has 0 atom stereocenters. The van der Waals surface area contributed by atoms with Crippen LogP contribution < -0.4 is 5.32 Å². The fraction of sp³-hybridized carbons (Fsp3) is 0.400. The van der Waals surface area contributed by atoms with Crippen LogP contribution in [0.25, 0.3) is 0 Å². The van der Waals surface area contributed by atoms with Gasteiger partial charge in [0.15, 0.2) is 0 Å². The number of alkyl halides is 2. The first-order valence-corrected chi connectivity index (χ1v) is 6.12. The quantitative estimate of drug-likeness (QED) is 0.346. The Kier molecular flexibility index (Phi) is 6.19. The van der Waals surface area contributed by atoms with Crippen molar-refractivity contribution in [2.75, 3.05) is 25.1 Å². The number of rotatable bonds is 7. The molecule has 8 heteroatoms. The summed E-state index contributed by atoms with van der Waals surface area (Å²) >= 11 is 1.87. The van der Waals surface area contributed by atoms with Crippen LogP contribution in [0.2, 0.25) is 0 Å². The van der Waals surface area contributed by atoms with Crippen LogP contribution in [0.1, 0.15) is 0 Å². The number of nitrogens with one attached hydrogen (secondary N) is 1. The lowest BCUT2D eigenvalue weighted by Crippen LogP contribution is -2.13. The highest BCUT2D eigenvalue weighted by molar-refractivity contribution is 14.1. The zero-order valence-electron chi connectivity index (χ0n) is 9.24. The van der Waals surface area contributed by atoms with Gasteiger partial charge in [-0.15, -0.1) is 0 Å². The number of nitrogens with zero attached hydrogens (tertiary/aromatic N) is 1. The Morgan fingerprint density at radius 1 is 1.50 bits per heavy atom. The first-order chi connectivity index (χ1) is 8.50. The Balaban J connectivity index is 2.39. The minimum absolute atomic E-state index is 0.0371. The van der Waals surface area contributed by atoms with Gasteiger partial charge in [-0.3, -0.25) is 10.1 Å². The number of nitro benzene ring substituents is 1. The molecular weight excluding hydrogens is 361 g/mol. The second kappa shape index (κ2) is 7.41. The normalized spacial score (nSPS) is 10.7. The van der Waals surface area contributed by atoms with Crippen LogP contribution in [0.4, 0.5) is 20.2 Å². The van der Waals surface area contributed by atoms with Gasteiger partial charge in [0, 0.05) is 18.3 Å². The summed E-state index contributed by atoms with van der Waals surface area (Å²) in [7, 11) is 0. The number of benzene rings is 1. The molecule has 1 aromatic carbocycles. The molecule has 0 spiro atoms. The summed E-state index contributed by atoms with van der Waals surface area (Å²) in [5.41, 5.74) is 0.723. The van der Waals surface area contributed by atoms with Crippen LogP contribution in [0.3, 0.4) is 0 Å². The van der Waals surface area contributed by atoms with E-state index >= 15 is 0 Å². The molecule has 0 unspecified atom stereocenters. The van der Waals surface area contributed by atoms with E-state index in [0.717, 1.165) is 0 Å². The molecule has 0 radical (unpaired) electrons. The number of nitro groups is 1. The van der Waals surface area contributed by atoms with Crippen molar-refractivity contribution in [3.8, 4) is 0 Å². The van der Waals surface area contributed by atoms with Crippen molar-refractivity contribution in [2.45, 2.75) is 6.43 Å². The highest BCUT2D eigenvalue weighted by Crippen LogP contribution is 2.23. The third kappa shape index (κ3) is 5.08. The highest BCUT2D eigenvalue weighted by Gasteiger charge is 2.11. The summed E-state index contributed by atoms with van der Waals surface area (Å²) in [5, 5.41) is 13.5. The van der Waals surface area contributed by atoms with Crippen molar-refractivity contribution in [3.63, 3.8) is 0 Å². The van der Waals surface area contributed by atoms with Gasteiger partial charge in [-0.2, -0.15) is 0 Å². The predicted molar refractivity (Wildman–Crippen MR) is 71.1 cm³/mol. The Labute approximate surface area is 116 Å². The summed E-state index contributed by atoms with van der Waals surface area (Å²) in [6.07, 6.45) is -2.47. The molecule has 0 aromatic heterocycles. The van der Waals surface area contributed by atoms with E-state index in [2.05, 4.69) is 10.1 Å². The lowest BCUT2D eigenvalue weighted by Gasteiger charge is -2.07. The number of anilines is 1. The highest BCUT2D eigenvalue weighted by atomic mass is 127. The summed E-state index contributed by atoms with van der Waals surface area (Å²) in [6.45, 7) is -0.0714. The van der Waals surface area contributed by atoms with Crippen molar-refractivity contribution < 1.29 is 18.4 Å². The molecule has 0 amide bonds. The summed E-state index contributed by atoms with van der Waals surface area (Å²) in [4.78, 5) is 10.1. The van der Waals surface area contributed by atoms with E-state index in [9.17, 15) is 18.9 Å². The molecule has 0 aliphatic heterocycles. The van der Waals surface area contributed by atoms with Crippen molar-refractivity contribution in [2.24, 2.45) is 0 Å². The number of hydrogen-bond acceptors (Lipinski definition) is 4. The van der Waals surface area contributed by atoms with Gasteiger partial charge in [-0.05, 0) is 34.7 Å². The molecule has 0 saturated carbocycles. The molecule has 1 aromatic rings. The van der Waals surface area contributed by atoms with Crippen molar-refractivity contribution >= 4 is 34.0 Å². The van der Waals surface area contributed by atoms with E-state index in [-0.39, 0.29) is 12.3 Å². The lowest BCUT2D eigenvalue weighted by atomic mass is 10.3. The van der Waals surface area contributed by atoms with E-state index in [1.165, 1.54) is 6.07 Å². The summed E-state index contributed by atoms with van der Waals surface area (Å²) < 4.78 is 28.7. The van der Waals surface area contributed by atoms with Gasteiger partial charge >= 0.3 is 0 Å². The van der Waals surface area contributed by atoms with Gasteiger partial charge in [0.1, 0.15) is 6.61 Å². The average Bonchev–Trinajstić information content (AvgIpc) is 2.27. The standard InChI is InChI=1S/C10H11F2IN2O3/c11-10(12)6-18-4-3-14-7-1-2-9(15(16)17)8(13)5-7/h1-2,5,10,14H,3-4,6H2. The molecule has 5 nitrogen and oxygen atoms in total. The second-order valence-corrected chi connectivity index (χ2v) is 4.48. The van der Waals surface area contributed by atoms with Gasteiger partial charge in [-0.25, -0.2) is 8.78 Å². The SMILES string of the molecule is O=[N+]([O-])c1ccc(NCCOCC(F)F)cc1I. The van der Waals surface area contributed by atoms with Crippen LogP contribution in [0.15, 0.2) is 18.2 Å². The lowest BCUT2D eigenvalue weighted by molar-refractivity contribution is -0.385. The zero-order chi connectivity index (χ0) is 13.5.